The zero-order chi connectivity index (χ0) is 13.7. The molecule has 0 aliphatic carbocycles. The molecule has 1 heterocycles. The predicted octanol–water partition coefficient (Wildman–Crippen LogP) is 3.64. The van der Waals surface area contributed by atoms with Gasteiger partial charge in [0.2, 0.25) is 0 Å². The summed E-state index contributed by atoms with van der Waals surface area (Å²) in [5, 5.41) is 5.82. The van der Waals surface area contributed by atoms with E-state index in [9.17, 15) is 4.79 Å². The highest BCUT2D eigenvalue weighted by Crippen LogP contribution is 2.13. The van der Waals surface area contributed by atoms with Crippen LogP contribution in [0.1, 0.15) is 40.6 Å². The lowest BCUT2D eigenvalue weighted by molar-refractivity contribution is 0.0959. The molecule has 1 aromatic carbocycles. The van der Waals surface area contributed by atoms with E-state index in [1.807, 2.05) is 23.6 Å². The van der Waals surface area contributed by atoms with Crippen molar-refractivity contribution in [3.63, 3.8) is 0 Å². The summed E-state index contributed by atoms with van der Waals surface area (Å²) in [5.74, 6) is 0.342. The standard InChI is InChI=1S/C15H16N2OS/c1-11(2)13-7-5-12(6-8-13)10-16-17-15(18)14-4-3-9-19-14/h3-11H,1-2H3,(H,17,18). The molecule has 0 fully saturated rings. The summed E-state index contributed by atoms with van der Waals surface area (Å²) in [6, 6.07) is 11.8. The van der Waals surface area contributed by atoms with Crippen LogP contribution in [0, 0.1) is 0 Å². The van der Waals surface area contributed by atoms with Crippen LogP contribution in [-0.2, 0) is 0 Å². The van der Waals surface area contributed by atoms with Gasteiger partial charge < -0.3 is 0 Å². The maximum Gasteiger partial charge on any atom is 0.281 e. The summed E-state index contributed by atoms with van der Waals surface area (Å²) in [5.41, 5.74) is 4.77. The maximum atomic E-state index is 11.6. The zero-order valence-electron chi connectivity index (χ0n) is 11.0. The van der Waals surface area contributed by atoms with Crippen molar-refractivity contribution in [1.29, 1.82) is 0 Å². The number of benzene rings is 1. The van der Waals surface area contributed by atoms with E-state index in [4.69, 9.17) is 0 Å². The van der Waals surface area contributed by atoms with E-state index in [0.29, 0.717) is 10.8 Å². The van der Waals surface area contributed by atoms with Gasteiger partial charge in [0.1, 0.15) is 0 Å². The van der Waals surface area contributed by atoms with Gasteiger partial charge >= 0.3 is 0 Å². The molecule has 0 aliphatic rings. The Morgan fingerprint density at radius 3 is 2.58 bits per heavy atom. The Kier molecular flexibility index (Phi) is 4.47. The van der Waals surface area contributed by atoms with E-state index in [1.165, 1.54) is 16.9 Å². The van der Waals surface area contributed by atoms with E-state index in [1.54, 1.807) is 12.3 Å². The predicted molar refractivity (Wildman–Crippen MR) is 79.9 cm³/mol. The Balaban J connectivity index is 1.94. The van der Waals surface area contributed by atoms with Crippen LogP contribution in [-0.4, -0.2) is 12.1 Å². The highest BCUT2D eigenvalue weighted by Gasteiger charge is 2.03. The van der Waals surface area contributed by atoms with E-state index in [2.05, 4.69) is 36.5 Å². The lowest BCUT2D eigenvalue weighted by atomic mass is 10.0. The van der Waals surface area contributed by atoms with Crippen molar-refractivity contribution in [2.75, 3.05) is 0 Å². The molecular formula is C15H16N2OS. The summed E-state index contributed by atoms with van der Waals surface area (Å²) >= 11 is 1.40. The minimum absolute atomic E-state index is 0.176. The normalized spacial score (nSPS) is 11.1. The lowest BCUT2D eigenvalue weighted by Gasteiger charge is -2.04. The maximum absolute atomic E-state index is 11.6. The number of hydrogen-bond donors (Lipinski definition) is 1. The Morgan fingerprint density at radius 2 is 2.00 bits per heavy atom. The summed E-state index contributed by atoms with van der Waals surface area (Å²) in [6.45, 7) is 4.31. The van der Waals surface area contributed by atoms with Crippen molar-refractivity contribution in [2.45, 2.75) is 19.8 Å². The fourth-order valence-corrected chi connectivity index (χ4v) is 2.21. The molecule has 0 spiro atoms. The third-order valence-electron chi connectivity index (χ3n) is 2.73. The van der Waals surface area contributed by atoms with Crippen molar-refractivity contribution >= 4 is 23.5 Å². The molecule has 0 unspecified atom stereocenters. The van der Waals surface area contributed by atoms with Gasteiger partial charge in [0.15, 0.2) is 0 Å². The SMILES string of the molecule is CC(C)c1ccc(C=NNC(=O)c2cccs2)cc1. The molecule has 19 heavy (non-hydrogen) atoms. The molecule has 2 rings (SSSR count). The molecule has 0 aliphatic heterocycles. The first kappa shape index (κ1) is 13.5. The molecule has 0 saturated heterocycles. The van der Waals surface area contributed by atoms with Crippen LogP contribution < -0.4 is 5.43 Å². The summed E-state index contributed by atoms with van der Waals surface area (Å²) < 4.78 is 0. The number of thiophene rings is 1. The van der Waals surface area contributed by atoms with Crippen molar-refractivity contribution in [1.82, 2.24) is 5.43 Å². The number of amides is 1. The Hall–Kier alpha value is -1.94. The lowest BCUT2D eigenvalue weighted by Crippen LogP contribution is -2.16. The Bertz CT molecular complexity index is 556. The summed E-state index contributed by atoms with van der Waals surface area (Å²) in [4.78, 5) is 12.3. The monoisotopic (exact) mass is 272 g/mol. The quantitative estimate of drug-likeness (QED) is 0.670. The number of rotatable bonds is 4. The zero-order valence-corrected chi connectivity index (χ0v) is 11.8. The molecular weight excluding hydrogens is 256 g/mol. The molecule has 1 aromatic heterocycles. The molecule has 0 atom stereocenters. The molecule has 3 nitrogen and oxygen atoms in total. The Morgan fingerprint density at radius 1 is 1.26 bits per heavy atom. The number of hydrogen-bond acceptors (Lipinski definition) is 3. The number of carbonyl (C=O) groups is 1. The first-order valence-electron chi connectivity index (χ1n) is 6.13. The summed E-state index contributed by atoms with van der Waals surface area (Å²) in [7, 11) is 0. The fraction of sp³-hybridized carbons (Fsp3) is 0.200. The molecule has 98 valence electrons. The van der Waals surface area contributed by atoms with Crippen molar-refractivity contribution in [3.05, 3.63) is 57.8 Å². The van der Waals surface area contributed by atoms with E-state index in [-0.39, 0.29) is 5.91 Å². The summed E-state index contributed by atoms with van der Waals surface area (Å²) in [6.07, 6.45) is 1.65. The molecule has 1 N–H and O–H groups in total. The van der Waals surface area contributed by atoms with Gasteiger partial charge in [-0.1, -0.05) is 44.2 Å². The number of nitrogens with zero attached hydrogens (tertiary/aromatic N) is 1. The van der Waals surface area contributed by atoms with Gasteiger partial charge in [-0.25, -0.2) is 5.43 Å². The van der Waals surface area contributed by atoms with Gasteiger partial charge in [-0.2, -0.15) is 5.10 Å². The topological polar surface area (TPSA) is 41.5 Å². The molecule has 0 saturated carbocycles. The molecule has 1 amide bonds. The van der Waals surface area contributed by atoms with Gasteiger partial charge in [0, 0.05) is 0 Å². The van der Waals surface area contributed by atoms with Crippen LogP contribution in [0.2, 0.25) is 0 Å². The van der Waals surface area contributed by atoms with E-state index in [0.717, 1.165) is 5.56 Å². The van der Waals surface area contributed by atoms with Crippen LogP contribution in [0.15, 0.2) is 46.9 Å². The van der Waals surface area contributed by atoms with Gasteiger partial charge in [0.25, 0.3) is 5.91 Å². The minimum atomic E-state index is -0.176. The largest absolute Gasteiger partial charge is 0.281 e. The number of carbonyl (C=O) groups excluding carboxylic acids is 1. The van der Waals surface area contributed by atoms with Gasteiger partial charge in [-0.05, 0) is 28.5 Å². The highest BCUT2D eigenvalue weighted by atomic mass is 32.1. The smallest absolute Gasteiger partial charge is 0.266 e. The second-order valence-electron chi connectivity index (χ2n) is 4.50. The van der Waals surface area contributed by atoms with Crippen LogP contribution in [0.3, 0.4) is 0 Å². The van der Waals surface area contributed by atoms with E-state index < -0.39 is 0 Å². The molecule has 4 heteroatoms. The van der Waals surface area contributed by atoms with Gasteiger partial charge in [0.05, 0.1) is 11.1 Å². The van der Waals surface area contributed by atoms with Crippen molar-refractivity contribution in [2.24, 2.45) is 5.10 Å². The number of nitrogens with one attached hydrogen (secondary N) is 1. The second kappa shape index (κ2) is 6.29. The second-order valence-corrected chi connectivity index (χ2v) is 5.45. The number of hydrazone groups is 1. The Labute approximate surface area is 117 Å². The van der Waals surface area contributed by atoms with Crippen LogP contribution in [0.5, 0.6) is 0 Å². The van der Waals surface area contributed by atoms with Crippen molar-refractivity contribution in [3.8, 4) is 0 Å². The van der Waals surface area contributed by atoms with E-state index >= 15 is 0 Å². The fourth-order valence-electron chi connectivity index (χ4n) is 1.60. The molecule has 2 aromatic rings. The highest BCUT2D eigenvalue weighted by molar-refractivity contribution is 7.12. The van der Waals surface area contributed by atoms with Crippen molar-refractivity contribution < 1.29 is 4.79 Å². The third-order valence-corrected chi connectivity index (χ3v) is 3.60. The molecule has 0 bridgehead atoms. The van der Waals surface area contributed by atoms with Crippen LogP contribution in [0.25, 0.3) is 0 Å². The third kappa shape index (κ3) is 3.76. The van der Waals surface area contributed by atoms with Gasteiger partial charge in [-0.15, -0.1) is 11.3 Å². The minimum Gasteiger partial charge on any atom is -0.266 e. The van der Waals surface area contributed by atoms with Crippen LogP contribution in [0.4, 0.5) is 0 Å². The van der Waals surface area contributed by atoms with Crippen LogP contribution >= 0.6 is 11.3 Å². The molecule has 0 radical (unpaired) electrons. The first-order valence-corrected chi connectivity index (χ1v) is 7.01. The average molecular weight is 272 g/mol. The van der Waals surface area contributed by atoms with Gasteiger partial charge in [-0.3, -0.25) is 4.79 Å². The average Bonchev–Trinajstić information content (AvgIpc) is 2.93. The first-order chi connectivity index (χ1) is 9.16.